The molecule has 0 aliphatic carbocycles. The minimum Gasteiger partial charge on any atom is -0.496 e. The second-order valence-corrected chi connectivity index (χ2v) is 6.12. The minimum absolute atomic E-state index is 0.677. The van der Waals surface area contributed by atoms with Crippen molar-refractivity contribution in [3.63, 3.8) is 0 Å². The molecule has 1 aliphatic rings. The number of methoxy groups -OCH3 is 1. The van der Waals surface area contributed by atoms with Crippen molar-refractivity contribution in [2.45, 2.75) is 26.3 Å². The highest BCUT2D eigenvalue weighted by Gasteiger charge is 2.17. The second-order valence-electron chi connectivity index (χ2n) is 6.12. The van der Waals surface area contributed by atoms with Crippen molar-refractivity contribution in [3.8, 4) is 5.75 Å². The molecule has 5 heteroatoms. The highest BCUT2D eigenvalue weighted by Crippen LogP contribution is 2.23. The lowest BCUT2D eigenvalue weighted by Gasteiger charge is -2.31. The molecule has 2 aromatic rings. The fourth-order valence-corrected chi connectivity index (χ4v) is 3.05. The first-order valence-electron chi connectivity index (χ1n) is 8.19. The Morgan fingerprint density at radius 2 is 2.17 bits per heavy atom. The smallest absolute Gasteiger partial charge is 0.134 e. The molecule has 0 bridgehead atoms. The van der Waals surface area contributed by atoms with E-state index >= 15 is 0 Å². The summed E-state index contributed by atoms with van der Waals surface area (Å²) in [7, 11) is 1.69. The molecule has 122 valence electrons. The Bertz CT molecular complexity index is 646. The van der Waals surface area contributed by atoms with Gasteiger partial charge in [0.1, 0.15) is 23.7 Å². The third-order valence-corrected chi connectivity index (χ3v) is 4.29. The predicted molar refractivity (Wildman–Crippen MR) is 93.0 cm³/mol. The van der Waals surface area contributed by atoms with Crippen LogP contribution in [0.4, 0.5) is 11.6 Å². The third kappa shape index (κ3) is 3.92. The maximum atomic E-state index is 5.38. The molecule has 1 aliphatic heterocycles. The number of benzene rings is 1. The van der Waals surface area contributed by atoms with Crippen molar-refractivity contribution in [1.82, 2.24) is 9.97 Å². The molecule has 1 fully saturated rings. The van der Waals surface area contributed by atoms with Crippen LogP contribution in [0.5, 0.6) is 5.75 Å². The van der Waals surface area contributed by atoms with Gasteiger partial charge in [0.25, 0.3) is 0 Å². The zero-order chi connectivity index (χ0) is 16.1. The second kappa shape index (κ2) is 7.31. The van der Waals surface area contributed by atoms with Crippen molar-refractivity contribution in [3.05, 3.63) is 42.2 Å². The van der Waals surface area contributed by atoms with Crippen LogP contribution in [0.15, 0.2) is 36.7 Å². The predicted octanol–water partition coefficient (Wildman–Crippen LogP) is 3.33. The van der Waals surface area contributed by atoms with Gasteiger partial charge in [-0.25, -0.2) is 9.97 Å². The largest absolute Gasteiger partial charge is 0.496 e. The van der Waals surface area contributed by atoms with Crippen LogP contribution in [0.25, 0.3) is 0 Å². The van der Waals surface area contributed by atoms with Crippen LogP contribution in [0.1, 0.15) is 25.3 Å². The van der Waals surface area contributed by atoms with Gasteiger partial charge in [-0.05, 0) is 24.8 Å². The summed E-state index contributed by atoms with van der Waals surface area (Å²) in [5, 5.41) is 3.37. The Hall–Kier alpha value is -2.30. The number of aromatic nitrogens is 2. The maximum Gasteiger partial charge on any atom is 0.134 e. The number of piperidine rings is 1. The normalized spacial score (nSPS) is 17.8. The Balaban J connectivity index is 1.68. The Morgan fingerprint density at radius 1 is 1.30 bits per heavy atom. The summed E-state index contributed by atoms with van der Waals surface area (Å²) in [6, 6.07) is 10.0. The first-order chi connectivity index (χ1) is 11.3. The van der Waals surface area contributed by atoms with Crippen LogP contribution >= 0.6 is 0 Å². The topological polar surface area (TPSA) is 50.3 Å². The Labute approximate surface area is 137 Å². The SMILES string of the molecule is COc1ccccc1CNc1cc(N2CCCC(C)C2)ncn1. The molecule has 0 spiro atoms. The van der Waals surface area contributed by atoms with Gasteiger partial charge in [-0.1, -0.05) is 25.1 Å². The van der Waals surface area contributed by atoms with E-state index in [0.717, 1.165) is 42.0 Å². The minimum atomic E-state index is 0.677. The maximum absolute atomic E-state index is 5.38. The number of nitrogens with one attached hydrogen (secondary N) is 1. The van der Waals surface area contributed by atoms with Gasteiger partial charge in [-0.3, -0.25) is 0 Å². The summed E-state index contributed by atoms with van der Waals surface area (Å²) in [6.45, 7) is 5.13. The average Bonchev–Trinajstić information content (AvgIpc) is 2.60. The number of rotatable bonds is 5. The van der Waals surface area contributed by atoms with E-state index in [-0.39, 0.29) is 0 Å². The molecule has 3 rings (SSSR count). The van der Waals surface area contributed by atoms with Gasteiger partial charge in [-0.2, -0.15) is 0 Å². The lowest BCUT2D eigenvalue weighted by molar-refractivity contribution is 0.410. The number of hydrogen-bond acceptors (Lipinski definition) is 5. The lowest BCUT2D eigenvalue weighted by Crippen LogP contribution is -2.34. The Morgan fingerprint density at radius 3 is 3.00 bits per heavy atom. The molecule has 1 unspecified atom stereocenters. The van der Waals surface area contributed by atoms with Gasteiger partial charge in [0.15, 0.2) is 0 Å². The molecule has 1 aromatic carbocycles. The summed E-state index contributed by atoms with van der Waals surface area (Å²) in [5.74, 6) is 3.47. The summed E-state index contributed by atoms with van der Waals surface area (Å²) in [6.07, 6.45) is 4.18. The molecular weight excluding hydrogens is 288 g/mol. The summed E-state index contributed by atoms with van der Waals surface area (Å²) < 4.78 is 5.38. The summed E-state index contributed by atoms with van der Waals surface area (Å²) >= 11 is 0. The lowest BCUT2D eigenvalue weighted by atomic mass is 10.0. The van der Waals surface area contributed by atoms with Gasteiger partial charge >= 0.3 is 0 Å². The molecule has 0 amide bonds. The van der Waals surface area contributed by atoms with E-state index in [2.05, 4.69) is 33.2 Å². The fraction of sp³-hybridized carbons (Fsp3) is 0.444. The van der Waals surface area contributed by atoms with E-state index in [1.54, 1.807) is 13.4 Å². The van der Waals surface area contributed by atoms with Crippen LogP contribution in [-0.4, -0.2) is 30.2 Å². The zero-order valence-electron chi connectivity index (χ0n) is 13.8. The molecule has 1 N–H and O–H groups in total. The zero-order valence-corrected chi connectivity index (χ0v) is 13.8. The van der Waals surface area contributed by atoms with Gasteiger partial charge in [0, 0.05) is 31.3 Å². The third-order valence-electron chi connectivity index (χ3n) is 4.29. The molecule has 0 saturated carbocycles. The molecule has 23 heavy (non-hydrogen) atoms. The number of anilines is 2. The molecule has 1 saturated heterocycles. The monoisotopic (exact) mass is 312 g/mol. The van der Waals surface area contributed by atoms with Gasteiger partial charge < -0.3 is 15.0 Å². The van der Waals surface area contributed by atoms with Crippen LogP contribution in [0, 0.1) is 5.92 Å². The van der Waals surface area contributed by atoms with Crippen molar-refractivity contribution >= 4 is 11.6 Å². The molecular formula is C18H24N4O. The van der Waals surface area contributed by atoms with Gasteiger partial charge in [-0.15, -0.1) is 0 Å². The van der Waals surface area contributed by atoms with Gasteiger partial charge in [0.2, 0.25) is 0 Å². The van der Waals surface area contributed by atoms with Crippen LogP contribution in [-0.2, 0) is 6.54 Å². The first-order valence-corrected chi connectivity index (χ1v) is 8.19. The fourth-order valence-electron chi connectivity index (χ4n) is 3.05. The standard InChI is InChI=1S/C18H24N4O/c1-14-6-5-9-22(12-14)18-10-17(20-13-21-18)19-11-15-7-3-4-8-16(15)23-2/h3-4,7-8,10,13-14H,5-6,9,11-12H2,1-2H3,(H,19,20,21). The van der Waals surface area contributed by atoms with E-state index < -0.39 is 0 Å². The highest BCUT2D eigenvalue weighted by molar-refractivity contribution is 5.49. The number of para-hydroxylation sites is 1. The molecule has 0 radical (unpaired) electrons. The first kappa shape index (κ1) is 15.6. The average molecular weight is 312 g/mol. The van der Waals surface area contributed by atoms with Crippen LogP contribution in [0.3, 0.4) is 0 Å². The van der Waals surface area contributed by atoms with E-state index in [1.165, 1.54) is 12.8 Å². The Kier molecular flexibility index (Phi) is 4.95. The van der Waals surface area contributed by atoms with Crippen LogP contribution in [0.2, 0.25) is 0 Å². The molecule has 1 aromatic heterocycles. The summed E-state index contributed by atoms with van der Waals surface area (Å²) in [4.78, 5) is 11.1. The van der Waals surface area contributed by atoms with Gasteiger partial charge in [0.05, 0.1) is 7.11 Å². The van der Waals surface area contributed by atoms with E-state index in [0.29, 0.717) is 6.54 Å². The molecule has 5 nitrogen and oxygen atoms in total. The number of ether oxygens (including phenoxy) is 1. The van der Waals surface area contributed by atoms with E-state index in [9.17, 15) is 0 Å². The van der Waals surface area contributed by atoms with Crippen molar-refractivity contribution in [2.24, 2.45) is 5.92 Å². The van der Waals surface area contributed by atoms with Crippen molar-refractivity contribution in [2.75, 3.05) is 30.4 Å². The van der Waals surface area contributed by atoms with Crippen molar-refractivity contribution < 1.29 is 4.74 Å². The molecule has 2 heterocycles. The highest BCUT2D eigenvalue weighted by atomic mass is 16.5. The van der Waals surface area contributed by atoms with Crippen molar-refractivity contribution in [1.29, 1.82) is 0 Å². The number of hydrogen-bond donors (Lipinski definition) is 1. The number of nitrogens with zero attached hydrogens (tertiary/aromatic N) is 3. The molecule has 1 atom stereocenters. The summed E-state index contributed by atoms with van der Waals surface area (Å²) in [5.41, 5.74) is 1.11. The van der Waals surface area contributed by atoms with Crippen LogP contribution < -0.4 is 15.0 Å². The van der Waals surface area contributed by atoms with E-state index in [4.69, 9.17) is 4.74 Å². The quantitative estimate of drug-likeness (QED) is 0.917. The van der Waals surface area contributed by atoms with E-state index in [1.807, 2.05) is 24.3 Å².